The highest BCUT2D eigenvalue weighted by Crippen LogP contribution is 2.24. The first-order chi connectivity index (χ1) is 10.5. The second-order valence-electron chi connectivity index (χ2n) is 5.73. The molecule has 2 N–H and O–H groups in total. The number of nitrogens with zero attached hydrogens (tertiary/aromatic N) is 1. The van der Waals surface area contributed by atoms with E-state index in [-0.39, 0.29) is 11.8 Å². The van der Waals surface area contributed by atoms with Gasteiger partial charge in [0.15, 0.2) is 0 Å². The minimum absolute atomic E-state index is 0.128. The van der Waals surface area contributed by atoms with Crippen molar-refractivity contribution in [1.29, 1.82) is 0 Å². The van der Waals surface area contributed by atoms with Crippen LogP contribution in [0.1, 0.15) is 31.2 Å². The number of hydrogen-bond donors (Lipinski definition) is 1. The standard InChI is InChI=1S/C16H20Cl2N2O2/c17-13-3-1-12(14(18)10-13)2-4-16(22)20-7-5-11(6-8-20)9-15(19)21/h1,3,10-11H,2,4-9H2,(H2,19,21). The summed E-state index contributed by atoms with van der Waals surface area (Å²) in [5.41, 5.74) is 6.15. The van der Waals surface area contributed by atoms with Crippen molar-refractivity contribution >= 4 is 35.0 Å². The van der Waals surface area contributed by atoms with E-state index >= 15 is 0 Å². The smallest absolute Gasteiger partial charge is 0.222 e. The maximum Gasteiger partial charge on any atom is 0.222 e. The van der Waals surface area contributed by atoms with Gasteiger partial charge in [0, 0.05) is 36.0 Å². The zero-order valence-electron chi connectivity index (χ0n) is 12.4. The first-order valence-corrected chi connectivity index (χ1v) is 8.21. The number of piperidine rings is 1. The SMILES string of the molecule is NC(=O)CC1CCN(C(=O)CCc2ccc(Cl)cc2Cl)CC1. The molecule has 0 unspecified atom stereocenters. The lowest BCUT2D eigenvalue weighted by atomic mass is 9.93. The van der Waals surface area contributed by atoms with Crippen LogP contribution >= 0.6 is 23.2 Å². The molecule has 22 heavy (non-hydrogen) atoms. The molecule has 6 heteroatoms. The zero-order valence-corrected chi connectivity index (χ0v) is 13.9. The summed E-state index contributed by atoms with van der Waals surface area (Å²) in [6, 6.07) is 5.33. The highest BCUT2D eigenvalue weighted by Gasteiger charge is 2.23. The molecule has 120 valence electrons. The van der Waals surface area contributed by atoms with Crippen molar-refractivity contribution in [2.24, 2.45) is 11.7 Å². The van der Waals surface area contributed by atoms with Gasteiger partial charge in [-0.2, -0.15) is 0 Å². The van der Waals surface area contributed by atoms with Gasteiger partial charge in [-0.25, -0.2) is 0 Å². The van der Waals surface area contributed by atoms with Gasteiger partial charge in [-0.05, 0) is 42.9 Å². The number of nitrogens with two attached hydrogens (primary N) is 1. The highest BCUT2D eigenvalue weighted by molar-refractivity contribution is 6.35. The lowest BCUT2D eigenvalue weighted by molar-refractivity contribution is -0.132. The predicted molar refractivity (Wildman–Crippen MR) is 87.9 cm³/mol. The van der Waals surface area contributed by atoms with Gasteiger partial charge in [-0.1, -0.05) is 29.3 Å². The number of carbonyl (C=O) groups is 2. The quantitative estimate of drug-likeness (QED) is 0.893. The van der Waals surface area contributed by atoms with Crippen molar-refractivity contribution in [3.63, 3.8) is 0 Å². The molecule has 0 atom stereocenters. The lowest BCUT2D eigenvalue weighted by Gasteiger charge is -2.31. The minimum Gasteiger partial charge on any atom is -0.370 e. The second kappa shape index (κ2) is 7.84. The number of aryl methyl sites for hydroxylation is 1. The summed E-state index contributed by atoms with van der Waals surface area (Å²) in [5.74, 6) is 0.179. The predicted octanol–water partition coefficient (Wildman–Crippen LogP) is 3.04. The van der Waals surface area contributed by atoms with Gasteiger partial charge in [-0.15, -0.1) is 0 Å². The van der Waals surface area contributed by atoms with Crippen molar-refractivity contribution in [2.45, 2.75) is 32.1 Å². The maximum atomic E-state index is 12.2. The van der Waals surface area contributed by atoms with Gasteiger partial charge in [0.2, 0.25) is 11.8 Å². The Morgan fingerprint density at radius 3 is 2.50 bits per heavy atom. The molecule has 0 radical (unpaired) electrons. The van der Waals surface area contributed by atoms with E-state index < -0.39 is 0 Å². The summed E-state index contributed by atoms with van der Waals surface area (Å²) in [4.78, 5) is 25.0. The molecule has 0 spiro atoms. The van der Waals surface area contributed by atoms with Crippen LogP contribution in [0.15, 0.2) is 18.2 Å². The van der Waals surface area contributed by atoms with E-state index in [0.717, 1.165) is 18.4 Å². The molecular weight excluding hydrogens is 323 g/mol. The van der Waals surface area contributed by atoms with Crippen LogP contribution in [0.4, 0.5) is 0 Å². The third kappa shape index (κ3) is 4.89. The van der Waals surface area contributed by atoms with Gasteiger partial charge in [0.25, 0.3) is 0 Å². The fraction of sp³-hybridized carbons (Fsp3) is 0.500. The van der Waals surface area contributed by atoms with E-state index in [0.29, 0.717) is 48.3 Å². The van der Waals surface area contributed by atoms with Gasteiger partial charge < -0.3 is 10.6 Å². The number of amides is 2. The average molecular weight is 343 g/mol. The molecule has 1 fully saturated rings. The van der Waals surface area contributed by atoms with E-state index in [1.165, 1.54) is 0 Å². The van der Waals surface area contributed by atoms with Crippen LogP contribution in [0.5, 0.6) is 0 Å². The number of benzene rings is 1. The molecule has 4 nitrogen and oxygen atoms in total. The molecule has 1 heterocycles. The highest BCUT2D eigenvalue weighted by atomic mass is 35.5. The minimum atomic E-state index is -0.262. The summed E-state index contributed by atoms with van der Waals surface area (Å²) >= 11 is 12.0. The molecule has 0 saturated carbocycles. The fourth-order valence-corrected chi connectivity index (χ4v) is 3.30. The number of carbonyl (C=O) groups excluding carboxylic acids is 2. The molecule has 0 aromatic heterocycles. The van der Waals surface area contributed by atoms with Gasteiger partial charge in [0.1, 0.15) is 0 Å². The Morgan fingerprint density at radius 2 is 1.91 bits per heavy atom. The molecule has 1 aliphatic heterocycles. The van der Waals surface area contributed by atoms with Crippen LogP contribution in [0, 0.1) is 5.92 Å². The molecule has 2 rings (SSSR count). The van der Waals surface area contributed by atoms with Crippen LogP contribution in [-0.2, 0) is 16.0 Å². The van der Waals surface area contributed by atoms with Crippen molar-refractivity contribution in [3.05, 3.63) is 33.8 Å². The third-order valence-electron chi connectivity index (χ3n) is 4.08. The molecule has 1 saturated heterocycles. The van der Waals surface area contributed by atoms with Crippen molar-refractivity contribution in [1.82, 2.24) is 4.90 Å². The number of rotatable bonds is 5. The van der Waals surface area contributed by atoms with Crippen molar-refractivity contribution in [2.75, 3.05) is 13.1 Å². The van der Waals surface area contributed by atoms with E-state index in [1.54, 1.807) is 12.1 Å². The molecule has 0 bridgehead atoms. The summed E-state index contributed by atoms with van der Waals surface area (Å²) in [6.07, 6.45) is 3.15. The Labute approximate surface area is 140 Å². The summed E-state index contributed by atoms with van der Waals surface area (Å²) in [7, 11) is 0. The molecule has 1 aliphatic rings. The first kappa shape index (κ1) is 17.1. The van der Waals surface area contributed by atoms with E-state index in [4.69, 9.17) is 28.9 Å². The van der Waals surface area contributed by atoms with Crippen molar-refractivity contribution < 1.29 is 9.59 Å². The van der Waals surface area contributed by atoms with Gasteiger partial charge in [-0.3, -0.25) is 9.59 Å². The Kier molecular flexibility index (Phi) is 6.09. The summed E-state index contributed by atoms with van der Waals surface area (Å²) < 4.78 is 0. The van der Waals surface area contributed by atoms with Crippen LogP contribution in [-0.4, -0.2) is 29.8 Å². The lowest BCUT2D eigenvalue weighted by Crippen LogP contribution is -2.39. The monoisotopic (exact) mass is 342 g/mol. The van der Waals surface area contributed by atoms with Crippen LogP contribution in [0.3, 0.4) is 0 Å². The summed E-state index contributed by atoms with van der Waals surface area (Å²) in [6.45, 7) is 1.40. The number of primary amides is 1. The first-order valence-electron chi connectivity index (χ1n) is 7.45. The van der Waals surface area contributed by atoms with Gasteiger partial charge in [0.05, 0.1) is 0 Å². The second-order valence-corrected chi connectivity index (χ2v) is 6.57. The van der Waals surface area contributed by atoms with E-state index in [9.17, 15) is 9.59 Å². The van der Waals surface area contributed by atoms with Crippen LogP contribution in [0.25, 0.3) is 0 Å². The molecular formula is C16H20Cl2N2O2. The largest absolute Gasteiger partial charge is 0.370 e. The van der Waals surface area contributed by atoms with E-state index in [1.807, 2.05) is 11.0 Å². The Hall–Kier alpha value is -1.26. The maximum absolute atomic E-state index is 12.2. The number of likely N-dealkylation sites (tertiary alicyclic amines) is 1. The Balaban J connectivity index is 1.80. The number of hydrogen-bond acceptors (Lipinski definition) is 2. The van der Waals surface area contributed by atoms with Crippen molar-refractivity contribution in [3.8, 4) is 0 Å². The normalized spacial score (nSPS) is 15.8. The molecule has 2 amide bonds. The molecule has 0 aliphatic carbocycles. The average Bonchev–Trinajstić information content (AvgIpc) is 2.46. The summed E-state index contributed by atoms with van der Waals surface area (Å²) in [5, 5.41) is 1.19. The Bertz CT molecular complexity index is 555. The number of halogens is 2. The molecule has 1 aromatic carbocycles. The third-order valence-corrected chi connectivity index (χ3v) is 4.67. The molecule has 1 aromatic rings. The van der Waals surface area contributed by atoms with Gasteiger partial charge >= 0.3 is 0 Å². The Morgan fingerprint density at radius 1 is 1.23 bits per heavy atom. The fourth-order valence-electron chi connectivity index (χ4n) is 2.80. The zero-order chi connectivity index (χ0) is 16.1. The van der Waals surface area contributed by atoms with Crippen LogP contribution in [0.2, 0.25) is 10.0 Å². The van der Waals surface area contributed by atoms with E-state index in [2.05, 4.69) is 0 Å². The van der Waals surface area contributed by atoms with Crippen LogP contribution < -0.4 is 5.73 Å². The topological polar surface area (TPSA) is 63.4 Å².